The third-order valence-electron chi connectivity index (χ3n) is 1.44. The van der Waals surface area contributed by atoms with Gasteiger partial charge in [0.1, 0.15) is 0 Å². The fourth-order valence-electron chi connectivity index (χ4n) is 0.583. The fraction of sp³-hybridized carbons (Fsp3) is 1.00. The van der Waals surface area contributed by atoms with Crippen molar-refractivity contribution in [1.29, 1.82) is 0 Å². The van der Waals surface area contributed by atoms with Crippen molar-refractivity contribution in [2.75, 3.05) is 19.8 Å². The summed E-state index contributed by atoms with van der Waals surface area (Å²) in [5, 5.41) is 25.8. The molecule has 0 rings (SSSR count). The number of ether oxygens (including phenoxy) is 1. The van der Waals surface area contributed by atoms with Gasteiger partial charge in [-0.1, -0.05) is 13.8 Å². The first-order valence-electron chi connectivity index (χ1n) is 4.03. The summed E-state index contributed by atoms with van der Waals surface area (Å²) in [4.78, 5) is 0. The van der Waals surface area contributed by atoms with Crippen LogP contribution in [0.4, 0.5) is 0 Å². The van der Waals surface area contributed by atoms with E-state index in [2.05, 4.69) is 0 Å². The highest BCUT2D eigenvalue weighted by Crippen LogP contribution is 2.13. The molecule has 0 fully saturated rings. The van der Waals surface area contributed by atoms with Crippen molar-refractivity contribution in [2.24, 2.45) is 5.41 Å². The molecule has 0 heterocycles. The maximum absolute atomic E-state index is 8.82. The monoisotopic (exact) mass is 178 g/mol. The molecule has 0 amide bonds. The quantitative estimate of drug-likeness (QED) is 0.386. The molecular formula is C8H18O4. The highest BCUT2D eigenvalue weighted by molar-refractivity contribution is 4.65. The molecule has 0 bridgehead atoms. The van der Waals surface area contributed by atoms with E-state index in [0.29, 0.717) is 13.2 Å². The first kappa shape index (κ1) is 11.8. The standard InChI is InChI=1S/C8H18O4/c1-8(2,5-9)6-12-4-3-7(10)11/h7,9-11H,3-6H2,1-2H3. The molecule has 12 heavy (non-hydrogen) atoms. The molecule has 4 heteroatoms. The van der Waals surface area contributed by atoms with Gasteiger partial charge in [0.2, 0.25) is 0 Å². The Morgan fingerprint density at radius 2 is 1.92 bits per heavy atom. The van der Waals surface area contributed by atoms with Crippen LogP contribution in [0.25, 0.3) is 0 Å². The van der Waals surface area contributed by atoms with Gasteiger partial charge in [-0.15, -0.1) is 0 Å². The second kappa shape index (κ2) is 5.48. The Morgan fingerprint density at radius 1 is 1.33 bits per heavy atom. The predicted octanol–water partition coefficient (Wildman–Crippen LogP) is -0.278. The molecule has 0 aromatic rings. The number of aliphatic hydroxyl groups is 3. The van der Waals surface area contributed by atoms with Gasteiger partial charge in [-0.25, -0.2) is 0 Å². The number of hydrogen-bond donors (Lipinski definition) is 3. The lowest BCUT2D eigenvalue weighted by atomic mass is 9.97. The zero-order chi connectivity index (χ0) is 9.61. The van der Waals surface area contributed by atoms with Crippen LogP contribution in [0, 0.1) is 5.41 Å². The Bertz CT molecular complexity index is 112. The first-order chi connectivity index (χ1) is 5.48. The van der Waals surface area contributed by atoms with Crippen LogP contribution in [-0.4, -0.2) is 41.4 Å². The minimum Gasteiger partial charge on any atom is -0.396 e. The van der Waals surface area contributed by atoms with E-state index in [-0.39, 0.29) is 18.4 Å². The Labute approximate surface area is 72.8 Å². The minimum absolute atomic E-state index is 0.0642. The molecule has 0 spiro atoms. The minimum atomic E-state index is -1.30. The summed E-state index contributed by atoms with van der Waals surface area (Å²) in [7, 11) is 0. The van der Waals surface area contributed by atoms with Crippen molar-refractivity contribution in [2.45, 2.75) is 26.6 Å². The van der Waals surface area contributed by atoms with Crippen molar-refractivity contribution in [1.82, 2.24) is 0 Å². The molecule has 0 saturated heterocycles. The highest BCUT2D eigenvalue weighted by Gasteiger charge is 2.16. The number of hydrogen-bond acceptors (Lipinski definition) is 4. The molecule has 0 aromatic carbocycles. The van der Waals surface area contributed by atoms with Gasteiger partial charge in [-0.3, -0.25) is 0 Å². The molecule has 0 saturated carbocycles. The Balaban J connectivity index is 3.31. The zero-order valence-electron chi connectivity index (χ0n) is 7.66. The van der Waals surface area contributed by atoms with E-state index >= 15 is 0 Å². The maximum Gasteiger partial charge on any atom is 0.153 e. The van der Waals surface area contributed by atoms with Crippen LogP contribution >= 0.6 is 0 Å². The molecule has 0 aromatic heterocycles. The molecule has 0 aliphatic heterocycles. The Morgan fingerprint density at radius 3 is 2.33 bits per heavy atom. The Hall–Kier alpha value is -0.160. The molecule has 4 nitrogen and oxygen atoms in total. The normalized spacial score (nSPS) is 12.5. The van der Waals surface area contributed by atoms with Crippen molar-refractivity contribution in [3.8, 4) is 0 Å². The lowest BCUT2D eigenvalue weighted by Crippen LogP contribution is -2.24. The first-order valence-corrected chi connectivity index (χ1v) is 4.03. The SMILES string of the molecule is CC(C)(CO)COCCC(O)O. The van der Waals surface area contributed by atoms with Gasteiger partial charge < -0.3 is 20.1 Å². The van der Waals surface area contributed by atoms with Gasteiger partial charge >= 0.3 is 0 Å². The predicted molar refractivity (Wildman–Crippen MR) is 44.5 cm³/mol. The third-order valence-corrected chi connectivity index (χ3v) is 1.44. The van der Waals surface area contributed by atoms with Crippen LogP contribution in [0.3, 0.4) is 0 Å². The number of rotatable bonds is 6. The van der Waals surface area contributed by atoms with Crippen LogP contribution in [0.15, 0.2) is 0 Å². The molecular weight excluding hydrogens is 160 g/mol. The van der Waals surface area contributed by atoms with E-state index in [4.69, 9.17) is 20.1 Å². The molecule has 0 atom stereocenters. The van der Waals surface area contributed by atoms with E-state index in [1.165, 1.54) is 0 Å². The van der Waals surface area contributed by atoms with Crippen LogP contribution in [0.1, 0.15) is 20.3 Å². The lowest BCUT2D eigenvalue weighted by molar-refractivity contribution is -0.0683. The van der Waals surface area contributed by atoms with Gasteiger partial charge in [0.05, 0.1) is 19.8 Å². The largest absolute Gasteiger partial charge is 0.396 e. The van der Waals surface area contributed by atoms with Gasteiger partial charge in [-0.2, -0.15) is 0 Å². The lowest BCUT2D eigenvalue weighted by Gasteiger charge is -2.21. The van der Waals surface area contributed by atoms with Crippen LogP contribution < -0.4 is 0 Å². The van der Waals surface area contributed by atoms with Gasteiger partial charge in [0.15, 0.2) is 6.29 Å². The summed E-state index contributed by atoms with van der Waals surface area (Å²) in [5.74, 6) is 0. The van der Waals surface area contributed by atoms with Crippen LogP contribution in [0.5, 0.6) is 0 Å². The summed E-state index contributed by atoms with van der Waals surface area (Å²) >= 11 is 0. The molecule has 74 valence electrons. The van der Waals surface area contributed by atoms with Crippen molar-refractivity contribution >= 4 is 0 Å². The van der Waals surface area contributed by atoms with E-state index in [0.717, 1.165) is 0 Å². The van der Waals surface area contributed by atoms with Gasteiger partial charge in [0.25, 0.3) is 0 Å². The second-order valence-electron chi connectivity index (χ2n) is 3.64. The van der Waals surface area contributed by atoms with Gasteiger partial charge in [-0.05, 0) is 0 Å². The summed E-state index contributed by atoms with van der Waals surface area (Å²) in [6.07, 6.45) is -1.09. The number of aliphatic hydroxyl groups excluding tert-OH is 2. The zero-order valence-corrected chi connectivity index (χ0v) is 7.66. The summed E-state index contributed by atoms with van der Waals surface area (Å²) < 4.78 is 5.12. The van der Waals surface area contributed by atoms with E-state index in [9.17, 15) is 0 Å². The summed E-state index contributed by atoms with van der Waals surface area (Å²) in [6, 6.07) is 0. The summed E-state index contributed by atoms with van der Waals surface area (Å²) in [5.41, 5.74) is -0.250. The van der Waals surface area contributed by atoms with Crippen molar-refractivity contribution in [3.63, 3.8) is 0 Å². The van der Waals surface area contributed by atoms with E-state index < -0.39 is 6.29 Å². The maximum atomic E-state index is 8.82. The fourth-order valence-corrected chi connectivity index (χ4v) is 0.583. The van der Waals surface area contributed by atoms with Crippen LogP contribution in [-0.2, 0) is 4.74 Å². The highest BCUT2D eigenvalue weighted by atomic mass is 16.5. The third kappa shape index (κ3) is 6.54. The van der Waals surface area contributed by atoms with E-state index in [1.54, 1.807) is 0 Å². The molecule has 0 aliphatic rings. The topological polar surface area (TPSA) is 69.9 Å². The van der Waals surface area contributed by atoms with Crippen molar-refractivity contribution in [3.05, 3.63) is 0 Å². The second-order valence-corrected chi connectivity index (χ2v) is 3.64. The molecule has 0 unspecified atom stereocenters. The molecule has 0 aliphatic carbocycles. The van der Waals surface area contributed by atoms with Crippen LogP contribution in [0.2, 0.25) is 0 Å². The summed E-state index contributed by atoms with van der Waals surface area (Å²) in [6.45, 7) is 4.55. The van der Waals surface area contributed by atoms with E-state index in [1.807, 2.05) is 13.8 Å². The average Bonchev–Trinajstić information content (AvgIpc) is 1.98. The smallest absolute Gasteiger partial charge is 0.153 e. The molecule has 3 N–H and O–H groups in total. The average molecular weight is 178 g/mol. The van der Waals surface area contributed by atoms with Gasteiger partial charge in [0, 0.05) is 11.8 Å². The Kier molecular flexibility index (Phi) is 5.41. The van der Waals surface area contributed by atoms with Crippen molar-refractivity contribution < 1.29 is 20.1 Å². The molecule has 0 radical (unpaired) electrons.